The van der Waals surface area contributed by atoms with Crippen molar-refractivity contribution in [3.63, 3.8) is 0 Å². The summed E-state index contributed by atoms with van der Waals surface area (Å²) in [4.78, 5) is 22.6. The minimum absolute atomic E-state index is 0.371. The van der Waals surface area contributed by atoms with Crippen LogP contribution in [0.15, 0.2) is 12.7 Å². The second kappa shape index (κ2) is 8.01. The summed E-state index contributed by atoms with van der Waals surface area (Å²) in [6, 6.07) is 0. The van der Waals surface area contributed by atoms with Crippen molar-refractivity contribution in [2.45, 2.75) is 45.4 Å². The molecule has 1 unspecified atom stereocenters. The number of carboxylic acids is 1. The van der Waals surface area contributed by atoms with Gasteiger partial charge in [0.05, 0.1) is 0 Å². The van der Waals surface area contributed by atoms with Gasteiger partial charge in [0.25, 0.3) is 0 Å². The third-order valence-corrected chi connectivity index (χ3v) is 3.08. The molecule has 4 heteroatoms. The summed E-state index contributed by atoms with van der Waals surface area (Å²) in [5.74, 6) is -1.48. The van der Waals surface area contributed by atoms with Crippen LogP contribution in [0, 0.1) is 5.41 Å². The van der Waals surface area contributed by atoms with Crippen molar-refractivity contribution >= 4 is 11.8 Å². The first-order chi connectivity index (χ1) is 7.99. The van der Waals surface area contributed by atoms with Gasteiger partial charge in [-0.25, -0.2) is 0 Å². The molecule has 0 saturated heterocycles. The van der Waals surface area contributed by atoms with E-state index in [4.69, 9.17) is 10.8 Å². The van der Waals surface area contributed by atoms with Crippen LogP contribution in [-0.4, -0.2) is 23.4 Å². The predicted octanol–water partition coefficient (Wildman–Crippen LogP) is 2.13. The Hall–Kier alpha value is -1.16. The van der Waals surface area contributed by atoms with Gasteiger partial charge in [0.15, 0.2) is 5.78 Å². The van der Waals surface area contributed by atoms with Crippen LogP contribution >= 0.6 is 0 Å². The van der Waals surface area contributed by atoms with Crippen molar-refractivity contribution in [2.24, 2.45) is 11.1 Å². The third-order valence-electron chi connectivity index (χ3n) is 3.08. The van der Waals surface area contributed by atoms with E-state index in [0.29, 0.717) is 13.0 Å². The summed E-state index contributed by atoms with van der Waals surface area (Å²) in [6.07, 6.45) is 6.26. The fourth-order valence-electron chi connectivity index (χ4n) is 1.71. The van der Waals surface area contributed by atoms with Crippen LogP contribution in [0.25, 0.3) is 0 Å². The Morgan fingerprint density at radius 1 is 1.24 bits per heavy atom. The van der Waals surface area contributed by atoms with Crippen molar-refractivity contribution < 1.29 is 14.7 Å². The quantitative estimate of drug-likeness (QED) is 0.349. The number of hydrogen-bond acceptors (Lipinski definition) is 3. The maximum atomic E-state index is 11.5. The highest BCUT2D eigenvalue weighted by atomic mass is 16.4. The molecular formula is C13H23NO3. The highest BCUT2D eigenvalue weighted by Gasteiger charge is 2.38. The fraction of sp³-hybridized carbons (Fsp3) is 0.692. The first kappa shape index (κ1) is 15.8. The van der Waals surface area contributed by atoms with Crippen molar-refractivity contribution in [3.8, 4) is 0 Å². The van der Waals surface area contributed by atoms with Gasteiger partial charge in [-0.05, 0) is 32.4 Å². The average Bonchev–Trinajstić information content (AvgIpc) is 2.31. The van der Waals surface area contributed by atoms with E-state index in [1.165, 1.54) is 6.92 Å². The number of ketones is 1. The molecule has 0 spiro atoms. The third kappa shape index (κ3) is 5.13. The molecule has 0 aromatic rings. The van der Waals surface area contributed by atoms with Crippen LogP contribution < -0.4 is 5.73 Å². The molecule has 98 valence electrons. The van der Waals surface area contributed by atoms with Gasteiger partial charge in [0, 0.05) is 0 Å². The Kier molecular flexibility index (Phi) is 7.46. The topological polar surface area (TPSA) is 80.4 Å². The number of nitrogens with two attached hydrogens (primary N) is 1. The molecule has 4 nitrogen and oxygen atoms in total. The van der Waals surface area contributed by atoms with Crippen LogP contribution in [-0.2, 0) is 9.59 Å². The fourth-order valence-corrected chi connectivity index (χ4v) is 1.71. The molecule has 0 amide bonds. The first-order valence-corrected chi connectivity index (χ1v) is 6.09. The highest BCUT2D eigenvalue weighted by molar-refractivity contribution is 6.07. The molecule has 1 atom stereocenters. The zero-order valence-electron chi connectivity index (χ0n) is 10.6. The monoisotopic (exact) mass is 241 g/mol. The van der Waals surface area contributed by atoms with E-state index in [9.17, 15) is 9.59 Å². The predicted molar refractivity (Wildman–Crippen MR) is 67.7 cm³/mol. The summed E-state index contributed by atoms with van der Waals surface area (Å²) in [6.45, 7) is 5.52. The maximum Gasteiger partial charge on any atom is 0.317 e. The van der Waals surface area contributed by atoms with Gasteiger partial charge in [-0.2, -0.15) is 0 Å². The van der Waals surface area contributed by atoms with Crippen molar-refractivity contribution in [3.05, 3.63) is 12.7 Å². The highest BCUT2D eigenvalue weighted by Crippen LogP contribution is 2.27. The largest absolute Gasteiger partial charge is 0.480 e. The standard InChI is InChI=1S/C13H23NO3/c1-3-11(15)13(2,12(16)17)9-7-5-4-6-8-10-14/h3H,1,4-10,14H2,2H3,(H,16,17). The maximum absolute atomic E-state index is 11.5. The zero-order chi connectivity index (χ0) is 13.3. The van der Waals surface area contributed by atoms with Gasteiger partial charge >= 0.3 is 5.97 Å². The first-order valence-electron chi connectivity index (χ1n) is 6.09. The molecule has 0 aliphatic carbocycles. The second-order valence-corrected chi connectivity index (χ2v) is 4.51. The van der Waals surface area contributed by atoms with E-state index in [1.54, 1.807) is 0 Å². The van der Waals surface area contributed by atoms with Gasteiger partial charge in [0.1, 0.15) is 5.41 Å². The van der Waals surface area contributed by atoms with Crippen LogP contribution in [0.1, 0.15) is 45.4 Å². The van der Waals surface area contributed by atoms with E-state index < -0.39 is 17.2 Å². The van der Waals surface area contributed by atoms with Crippen LogP contribution in [0.5, 0.6) is 0 Å². The van der Waals surface area contributed by atoms with E-state index in [0.717, 1.165) is 38.2 Å². The Morgan fingerprint density at radius 2 is 1.76 bits per heavy atom. The summed E-state index contributed by atoms with van der Waals surface area (Å²) in [5, 5.41) is 9.09. The van der Waals surface area contributed by atoms with E-state index in [1.807, 2.05) is 0 Å². The number of carbonyl (C=O) groups is 2. The molecule has 17 heavy (non-hydrogen) atoms. The molecule has 3 N–H and O–H groups in total. The molecule has 0 rings (SSSR count). The van der Waals surface area contributed by atoms with Crippen molar-refractivity contribution in [2.75, 3.05) is 6.54 Å². The van der Waals surface area contributed by atoms with Gasteiger partial charge in [-0.15, -0.1) is 0 Å². The normalized spacial score (nSPS) is 14.0. The lowest BCUT2D eigenvalue weighted by atomic mass is 9.80. The summed E-state index contributed by atoms with van der Waals surface area (Å²) in [7, 11) is 0. The van der Waals surface area contributed by atoms with Crippen molar-refractivity contribution in [1.82, 2.24) is 0 Å². The minimum atomic E-state index is -1.31. The molecule has 0 bridgehead atoms. The van der Waals surface area contributed by atoms with E-state index >= 15 is 0 Å². The van der Waals surface area contributed by atoms with E-state index in [-0.39, 0.29) is 0 Å². The second-order valence-electron chi connectivity index (χ2n) is 4.51. The SMILES string of the molecule is C=CC(=O)C(C)(CCCCCCCN)C(=O)O. The van der Waals surface area contributed by atoms with Gasteiger partial charge in [-0.1, -0.05) is 32.3 Å². The molecule has 0 aliphatic heterocycles. The molecule has 0 aromatic heterocycles. The average molecular weight is 241 g/mol. The van der Waals surface area contributed by atoms with Gasteiger partial charge < -0.3 is 10.8 Å². The number of carboxylic acid groups (broad SMARTS) is 1. The van der Waals surface area contributed by atoms with Crippen LogP contribution in [0.3, 0.4) is 0 Å². The molecule has 0 saturated carbocycles. The lowest BCUT2D eigenvalue weighted by molar-refractivity contribution is -0.152. The number of unbranched alkanes of at least 4 members (excludes halogenated alkanes) is 4. The zero-order valence-corrected chi connectivity index (χ0v) is 10.6. The minimum Gasteiger partial charge on any atom is -0.480 e. The number of rotatable bonds is 10. The Labute approximate surface area is 103 Å². The van der Waals surface area contributed by atoms with Gasteiger partial charge in [-0.3, -0.25) is 9.59 Å². The molecule has 0 aromatic carbocycles. The molecule has 0 radical (unpaired) electrons. The Morgan fingerprint density at radius 3 is 2.24 bits per heavy atom. The number of carbonyl (C=O) groups excluding carboxylic acids is 1. The Balaban J connectivity index is 4.07. The van der Waals surface area contributed by atoms with Crippen molar-refractivity contribution in [1.29, 1.82) is 0 Å². The molecule has 0 heterocycles. The molecule has 0 fully saturated rings. The summed E-state index contributed by atoms with van der Waals surface area (Å²) in [5.41, 5.74) is 4.07. The number of hydrogen-bond donors (Lipinski definition) is 2. The number of aliphatic carboxylic acids is 1. The molecular weight excluding hydrogens is 218 g/mol. The Bertz CT molecular complexity index is 276. The number of allylic oxidation sites excluding steroid dienone is 1. The van der Waals surface area contributed by atoms with Gasteiger partial charge in [0.2, 0.25) is 0 Å². The lowest BCUT2D eigenvalue weighted by Gasteiger charge is -2.21. The summed E-state index contributed by atoms with van der Waals surface area (Å²) >= 11 is 0. The smallest absolute Gasteiger partial charge is 0.317 e. The van der Waals surface area contributed by atoms with E-state index in [2.05, 4.69) is 6.58 Å². The van der Waals surface area contributed by atoms with Crippen LogP contribution in [0.2, 0.25) is 0 Å². The van der Waals surface area contributed by atoms with Crippen LogP contribution in [0.4, 0.5) is 0 Å². The summed E-state index contributed by atoms with van der Waals surface area (Å²) < 4.78 is 0. The molecule has 0 aliphatic rings. The lowest BCUT2D eigenvalue weighted by Crippen LogP contribution is -2.35.